The second kappa shape index (κ2) is 7.97. The molecule has 4 amide bonds. The van der Waals surface area contributed by atoms with Crippen LogP contribution < -0.4 is 16.4 Å². The second-order valence-corrected chi connectivity index (χ2v) is 9.15. The molecule has 0 aliphatic carbocycles. The number of likely N-dealkylation sites (tertiary alicyclic amines) is 1. The number of hydrogen-bond donors (Lipinski definition) is 3. The molecule has 170 valence electrons. The topological polar surface area (TPSA) is 122 Å². The maximum atomic E-state index is 13.7. The first-order valence-electron chi connectivity index (χ1n) is 10.9. The number of amides is 4. The Balaban J connectivity index is 1.53. The number of nitrogens with two attached hydrogens (primary N) is 1. The molecule has 3 aliphatic rings. The zero-order valence-corrected chi connectivity index (χ0v) is 18.5. The van der Waals surface area contributed by atoms with Crippen LogP contribution >= 0.6 is 11.6 Å². The summed E-state index contributed by atoms with van der Waals surface area (Å²) in [5.41, 5.74) is 5.91. The van der Waals surface area contributed by atoms with E-state index in [2.05, 4.69) is 10.6 Å². The number of rotatable bonds is 6. The van der Waals surface area contributed by atoms with Crippen LogP contribution in [-0.2, 0) is 31.1 Å². The summed E-state index contributed by atoms with van der Waals surface area (Å²) >= 11 is 6.32. The third kappa shape index (κ3) is 3.24. The molecule has 4 atom stereocenters. The number of nitrogens with zero attached hydrogens (tertiary/aromatic N) is 1. The Kier molecular flexibility index (Phi) is 5.22. The molecule has 33 heavy (non-hydrogen) atoms. The molecular weight excluding hydrogens is 444 g/mol. The second-order valence-electron chi connectivity index (χ2n) is 8.75. The highest BCUT2D eigenvalue weighted by molar-refractivity contribution is 6.35. The predicted octanol–water partition coefficient (Wildman–Crippen LogP) is 1.57. The highest BCUT2D eigenvalue weighted by Crippen LogP contribution is 2.54. The first-order chi connectivity index (χ1) is 15.8. The highest BCUT2D eigenvalue weighted by Gasteiger charge is 2.70. The monoisotopic (exact) mass is 466 g/mol. The van der Waals surface area contributed by atoms with Crippen molar-refractivity contribution in [1.82, 2.24) is 10.2 Å². The first kappa shape index (κ1) is 21.6. The van der Waals surface area contributed by atoms with Crippen LogP contribution in [0.2, 0.25) is 5.02 Å². The van der Waals surface area contributed by atoms with E-state index in [1.807, 2.05) is 30.3 Å². The van der Waals surface area contributed by atoms with E-state index in [1.165, 1.54) is 4.90 Å². The number of imide groups is 1. The van der Waals surface area contributed by atoms with Crippen molar-refractivity contribution in [3.8, 4) is 0 Å². The van der Waals surface area contributed by atoms with Crippen LogP contribution in [0.3, 0.4) is 0 Å². The number of primary amides is 1. The Bertz CT molecular complexity index is 1170. The summed E-state index contributed by atoms with van der Waals surface area (Å²) in [5.74, 6) is -3.36. The molecule has 0 saturated carbocycles. The van der Waals surface area contributed by atoms with Gasteiger partial charge < -0.3 is 11.1 Å². The summed E-state index contributed by atoms with van der Waals surface area (Å²) in [4.78, 5) is 53.3. The molecule has 5 rings (SSSR count). The van der Waals surface area contributed by atoms with Crippen LogP contribution in [-0.4, -0.2) is 41.1 Å². The van der Waals surface area contributed by atoms with Gasteiger partial charge in [-0.1, -0.05) is 54.1 Å². The van der Waals surface area contributed by atoms with E-state index < -0.39 is 41.1 Å². The molecule has 2 aromatic rings. The van der Waals surface area contributed by atoms with Crippen molar-refractivity contribution in [2.75, 3.05) is 11.9 Å². The normalized spacial score (nSPS) is 27.7. The molecular formula is C24H23ClN4O4. The molecule has 3 heterocycles. The third-order valence-electron chi connectivity index (χ3n) is 6.96. The summed E-state index contributed by atoms with van der Waals surface area (Å²) in [6.45, 7) is 0.220. The number of benzene rings is 2. The quantitative estimate of drug-likeness (QED) is 0.558. The summed E-state index contributed by atoms with van der Waals surface area (Å²) in [6.07, 6.45) is 0.790. The van der Waals surface area contributed by atoms with Crippen molar-refractivity contribution in [3.63, 3.8) is 0 Å². The Hall–Kier alpha value is -3.23. The molecule has 2 saturated heterocycles. The number of hydrogen-bond acceptors (Lipinski definition) is 5. The lowest BCUT2D eigenvalue weighted by molar-refractivity contribution is -0.142. The standard InChI is InChI=1S/C24H23ClN4O4/c25-15-8-4-7-14-20(15)27-23(33)24(14)19-18(16(28-24)9-10-17(26)30)21(31)29(22(19)32)12-11-13-5-2-1-3-6-13/h1-8,16,18-19,28H,9-12H2,(H2,26,30)(H,27,33)/t16-,18-,19+,24-/m1/s1. The number of anilines is 1. The van der Waals surface area contributed by atoms with E-state index in [1.54, 1.807) is 18.2 Å². The summed E-state index contributed by atoms with van der Waals surface area (Å²) < 4.78 is 0. The van der Waals surface area contributed by atoms with Gasteiger partial charge in [0.25, 0.3) is 0 Å². The zero-order valence-electron chi connectivity index (χ0n) is 17.7. The zero-order chi connectivity index (χ0) is 23.3. The number of nitrogens with one attached hydrogen (secondary N) is 2. The molecule has 0 unspecified atom stereocenters. The number of carbonyl (C=O) groups excluding carboxylic acids is 4. The van der Waals surface area contributed by atoms with Crippen molar-refractivity contribution in [2.45, 2.75) is 30.8 Å². The van der Waals surface area contributed by atoms with Crippen LogP contribution in [0, 0.1) is 11.8 Å². The lowest BCUT2D eigenvalue weighted by atomic mass is 9.76. The van der Waals surface area contributed by atoms with Gasteiger partial charge in [-0.25, -0.2) is 0 Å². The van der Waals surface area contributed by atoms with Gasteiger partial charge in [0, 0.05) is 24.6 Å². The van der Waals surface area contributed by atoms with Gasteiger partial charge >= 0.3 is 0 Å². The summed E-state index contributed by atoms with van der Waals surface area (Å²) in [5, 5.41) is 6.42. The van der Waals surface area contributed by atoms with E-state index in [-0.39, 0.29) is 25.3 Å². The van der Waals surface area contributed by atoms with E-state index in [0.717, 1.165) is 5.56 Å². The predicted molar refractivity (Wildman–Crippen MR) is 121 cm³/mol. The van der Waals surface area contributed by atoms with Crippen LogP contribution in [0.15, 0.2) is 48.5 Å². The van der Waals surface area contributed by atoms with Crippen LogP contribution in [0.4, 0.5) is 5.69 Å². The van der Waals surface area contributed by atoms with E-state index in [0.29, 0.717) is 22.7 Å². The van der Waals surface area contributed by atoms with Crippen LogP contribution in [0.5, 0.6) is 0 Å². The Morgan fingerprint density at radius 3 is 2.55 bits per heavy atom. The fourth-order valence-electron chi connectivity index (χ4n) is 5.51. The maximum Gasteiger partial charge on any atom is 0.250 e. The molecule has 1 spiro atoms. The van der Waals surface area contributed by atoms with Gasteiger partial charge in [0.05, 0.1) is 22.5 Å². The van der Waals surface area contributed by atoms with E-state index >= 15 is 0 Å². The average molecular weight is 467 g/mol. The summed E-state index contributed by atoms with van der Waals surface area (Å²) in [7, 11) is 0. The molecule has 0 radical (unpaired) electrons. The smallest absolute Gasteiger partial charge is 0.250 e. The lowest BCUT2D eigenvalue weighted by Gasteiger charge is -2.29. The minimum atomic E-state index is -1.43. The highest BCUT2D eigenvalue weighted by atomic mass is 35.5. The van der Waals surface area contributed by atoms with Crippen molar-refractivity contribution in [1.29, 1.82) is 0 Å². The van der Waals surface area contributed by atoms with Crippen molar-refractivity contribution in [2.24, 2.45) is 17.6 Å². The minimum Gasteiger partial charge on any atom is -0.370 e. The number of fused-ring (bicyclic) bond motifs is 4. The molecule has 0 aromatic heterocycles. The average Bonchev–Trinajstić information content (AvgIpc) is 3.38. The van der Waals surface area contributed by atoms with Gasteiger partial charge in [0.15, 0.2) is 0 Å². The minimum absolute atomic E-state index is 0.0342. The van der Waals surface area contributed by atoms with E-state index in [4.69, 9.17) is 17.3 Å². The molecule has 0 bridgehead atoms. The molecule has 2 aromatic carbocycles. The molecule has 2 fully saturated rings. The Morgan fingerprint density at radius 2 is 1.82 bits per heavy atom. The molecule has 4 N–H and O–H groups in total. The Labute approximate surface area is 195 Å². The maximum absolute atomic E-state index is 13.7. The van der Waals surface area contributed by atoms with Crippen LogP contribution in [0.25, 0.3) is 0 Å². The van der Waals surface area contributed by atoms with Gasteiger partial charge in [-0.2, -0.15) is 0 Å². The first-order valence-corrected chi connectivity index (χ1v) is 11.3. The fourth-order valence-corrected chi connectivity index (χ4v) is 5.73. The van der Waals surface area contributed by atoms with Gasteiger partial charge in [0.2, 0.25) is 23.6 Å². The van der Waals surface area contributed by atoms with Crippen molar-refractivity contribution >= 4 is 40.9 Å². The SMILES string of the molecule is NC(=O)CC[C@H]1N[C@@]2(C(=O)Nc3c(Cl)cccc32)[C@@H]2C(=O)N(CCc3ccccc3)C(=O)[C@@H]21. The number of carbonyl (C=O) groups is 4. The van der Waals surface area contributed by atoms with Gasteiger partial charge in [-0.3, -0.25) is 29.4 Å². The van der Waals surface area contributed by atoms with Gasteiger partial charge in [-0.15, -0.1) is 0 Å². The molecule has 9 heteroatoms. The van der Waals surface area contributed by atoms with Crippen molar-refractivity contribution < 1.29 is 19.2 Å². The molecule has 8 nitrogen and oxygen atoms in total. The fraction of sp³-hybridized carbons (Fsp3) is 0.333. The number of para-hydroxylation sites is 1. The Morgan fingerprint density at radius 1 is 1.06 bits per heavy atom. The van der Waals surface area contributed by atoms with E-state index in [9.17, 15) is 19.2 Å². The van der Waals surface area contributed by atoms with Gasteiger partial charge in [-0.05, 0) is 24.5 Å². The number of halogens is 1. The summed E-state index contributed by atoms with van der Waals surface area (Å²) in [6, 6.07) is 14.1. The van der Waals surface area contributed by atoms with Crippen LogP contribution in [0.1, 0.15) is 24.0 Å². The third-order valence-corrected chi connectivity index (χ3v) is 7.27. The van der Waals surface area contributed by atoms with Crippen molar-refractivity contribution in [3.05, 3.63) is 64.7 Å². The van der Waals surface area contributed by atoms with Gasteiger partial charge in [0.1, 0.15) is 5.54 Å². The lowest BCUT2D eigenvalue weighted by Crippen LogP contribution is -2.53. The largest absolute Gasteiger partial charge is 0.370 e. The molecule has 3 aliphatic heterocycles.